The van der Waals surface area contributed by atoms with E-state index in [1.165, 1.54) is 18.4 Å². The maximum Gasteiger partial charge on any atom is 0.123 e. The average molecular weight is 221 g/mol. The Morgan fingerprint density at radius 1 is 1.25 bits per heavy atom. The first-order chi connectivity index (χ1) is 7.65. The monoisotopic (exact) mass is 221 g/mol. The molecule has 0 aliphatic heterocycles. The Labute approximate surface area is 97.1 Å². The fourth-order valence-electron chi connectivity index (χ4n) is 1.96. The highest BCUT2D eigenvalue weighted by Crippen LogP contribution is 2.22. The minimum atomic E-state index is -0.152. The molecule has 1 aromatic rings. The molecule has 2 atom stereocenters. The zero-order valence-electron chi connectivity index (χ0n) is 10.0. The van der Waals surface area contributed by atoms with E-state index in [-0.39, 0.29) is 5.82 Å². The van der Waals surface area contributed by atoms with Gasteiger partial charge in [0.05, 0.1) is 0 Å². The first-order valence-electron chi connectivity index (χ1n) is 6.15. The summed E-state index contributed by atoms with van der Waals surface area (Å²) in [5.41, 5.74) is 1.22. The molecule has 2 heteroatoms. The van der Waals surface area contributed by atoms with Crippen molar-refractivity contribution >= 4 is 0 Å². The van der Waals surface area contributed by atoms with Gasteiger partial charge in [0.2, 0.25) is 0 Å². The SMILES string of the molecule is CC(Cc1ccc(F)cc1)C(C)NC1CC1. The lowest BCUT2D eigenvalue weighted by atomic mass is 9.95. The lowest BCUT2D eigenvalue weighted by molar-refractivity contribution is 0.395. The number of rotatable bonds is 5. The molecule has 0 spiro atoms. The summed E-state index contributed by atoms with van der Waals surface area (Å²) in [4.78, 5) is 0. The summed E-state index contributed by atoms with van der Waals surface area (Å²) in [6.07, 6.45) is 3.67. The minimum Gasteiger partial charge on any atom is -0.311 e. The summed E-state index contributed by atoms with van der Waals surface area (Å²) >= 11 is 0. The third kappa shape index (κ3) is 3.31. The third-order valence-electron chi connectivity index (χ3n) is 3.40. The molecule has 1 aliphatic rings. The minimum absolute atomic E-state index is 0.152. The van der Waals surface area contributed by atoms with Crippen LogP contribution in [0.15, 0.2) is 24.3 Å². The summed E-state index contributed by atoms with van der Waals surface area (Å²) in [5, 5.41) is 3.61. The van der Waals surface area contributed by atoms with E-state index in [9.17, 15) is 4.39 Å². The molecule has 2 rings (SSSR count). The number of nitrogens with one attached hydrogen (secondary N) is 1. The molecular formula is C14H20FN. The Morgan fingerprint density at radius 2 is 1.88 bits per heavy atom. The van der Waals surface area contributed by atoms with Crippen LogP contribution in [0.1, 0.15) is 32.3 Å². The first kappa shape index (κ1) is 11.6. The Bertz CT molecular complexity index is 329. The van der Waals surface area contributed by atoms with Gasteiger partial charge in [0.15, 0.2) is 0 Å². The van der Waals surface area contributed by atoms with Crippen molar-refractivity contribution in [1.82, 2.24) is 5.32 Å². The molecule has 0 heterocycles. The average Bonchev–Trinajstić information content (AvgIpc) is 3.05. The molecule has 2 unspecified atom stereocenters. The topological polar surface area (TPSA) is 12.0 Å². The molecule has 1 aromatic carbocycles. The van der Waals surface area contributed by atoms with Gasteiger partial charge in [0.25, 0.3) is 0 Å². The van der Waals surface area contributed by atoms with Crippen molar-refractivity contribution in [2.24, 2.45) is 5.92 Å². The second-order valence-electron chi connectivity index (χ2n) is 5.04. The van der Waals surface area contributed by atoms with Gasteiger partial charge in [-0.1, -0.05) is 19.1 Å². The van der Waals surface area contributed by atoms with E-state index in [2.05, 4.69) is 19.2 Å². The number of benzene rings is 1. The van der Waals surface area contributed by atoms with Crippen molar-refractivity contribution in [3.05, 3.63) is 35.6 Å². The molecule has 0 amide bonds. The molecular weight excluding hydrogens is 201 g/mol. The van der Waals surface area contributed by atoms with E-state index in [0.717, 1.165) is 12.5 Å². The first-order valence-corrected chi connectivity index (χ1v) is 6.15. The van der Waals surface area contributed by atoms with Crippen molar-refractivity contribution < 1.29 is 4.39 Å². The standard InChI is InChI=1S/C14H20FN/c1-10(11(2)16-14-7-8-14)9-12-3-5-13(15)6-4-12/h3-6,10-11,14,16H,7-9H2,1-2H3. The molecule has 1 aliphatic carbocycles. The highest BCUT2D eigenvalue weighted by atomic mass is 19.1. The molecule has 0 saturated heterocycles. The van der Waals surface area contributed by atoms with Crippen molar-refractivity contribution in [3.8, 4) is 0 Å². The van der Waals surface area contributed by atoms with Crippen LogP contribution in [0.2, 0.25) is 0 Å². The Kier molecular flexibility index (Phi) is 3.59. The van der Waals surface area contributed by atoms with Gasteiger partial charge >= 0.3 is 0 Å². The Balaban J connectivity index is 1.85. The van der Waals surface area contributed by atoms with Crippen LogP contribution in [0, 0.1) is 11.7 Å². The van der Waals surface area contributed by atoms with E-state index < -0.39 is 0 Å². The quantitative estimate of drug-likeness (QED) is 0.805. The van der Waals surface area contributed by atoms with Crippen LogP contribution in [0.3, 0.4) is 0 Å². The van der Waals surface area contributed by atoms with E-state index in [1.807, 2.05) is 12.1 Å². The fraction of sp³-hybridized carbons (Fsp3) is 0.571. The fourth-order valence-corrected chi connectivity index (χ4v) is 1.96. The number of hydrogen-bond donors (Lipinski definition) is 1. The lowest BCUT2D eigenvalue weighted by Gasteiger charge is -2.21. The largest absolute Gasteiger partial charge is 0.311 e. The maximum atomic E-state index is 12.8. The summed E-state index contributed by atoms with van der Waals surface area (Å²) in [6.45, 7) is 4.50. The zero-order chi connectivity index (χ0) is 11.5. The molecule has 1 N–H and O–H groups in total. The highest BCUT2D eigenvalue weighted by Gasteiger charge is 2.24. The van der Waals surface area contributed by atoms with Gasteiger partial charge in [-0.2, -0.15) is 0 Å². The van der Waals surface area contributed by atoms with Crippen molar-refractivity contribution in [2.75, 3.05) is 0 Å². The van der Waals surface area contributed by atoms with Crippen LogP contribution in [0.5, 0.6) is 0 Å². The van der Waals surface area contributed by atoms with Crippen LogP contribution >= 0.6 is 0 Å². The van der Waals surface area contributed by atoms with Gasteiger partial charge in [-0.05, 0) is 49.8 Å². The van der Waals surface area contributed by atoms with Gasteiger partial charge in [0, 0.05) is 12.1 Å². The normalized spacial score (nSPS) is 19.4. The summed E-state index contributed by atoms with van der Waals surface area (Å²) < 4.78 is 12.8. The molecule has 1 saturated carbocycles. The smallest absolute Gasteiger partial charge is 0.123 e. The molecule has 1 nitrogen and oxygen atoms in total. The zero-order valence-corrected chi connectivity index (χ0v) is 10.0. The van der Waals surface area contributed by atoms with E-state index in [4.69, 9.17) is 0 Å². The van der Waals surface area contributed by atoms with Crippen LogP contribution in [-0.2, 0) is 6.42 Å². The van der Waals surface area contributed by atoms with Gasteiger partial charge in [0.1, 0.15) is 5.82 Å². The Morgan fingerprint density at radius 3 is 2.44 bits per heavy atom. The van der Waals surface area contributed by atoms with Crippen molar-refractivity contribution in [2.45, 2.75) is 45.2 Å². The van der Waals surface area contributed by atoms with Crippen molar-refractivity contribution in [1.29, 1.82) is 0 Å². The third-order valence-corrected chi connectivity index (χ3v) is 3.40. The molecule has 88 valence electrons. The summed E-state index contributed by atoms with van der Waals surface area (Å²) in [5.74, 6) is 0.437. The van der Waals surface area contributed by atoms with Gasteiger partial charge in [-0.15, -0.1) is 0 Å². The predicted molar refractivity (Wildman–Crippen MR) is 64.9 cm³/mol. The van der Waals surface area contributed by atoms with Crippen LogP contribution in [0.25, 0.3) is 0 Å². The molecule has 16 heavy (non-hydrogen) atoms. The molecule has 0 radical (unpaired) electrons. The second kappa shape index (κ2) is 4.96. The van der Waals surface area contributed by atoms with Crippen LogP contribution in [0.4, 0.5) is 4.39 Å². The Hall–Kier alpha value is -0.890. The van der Waals surface area contributed by atoms with Gasteiger partial charge in [-0.25, -0.2) is 4.39 Å². The summed E-state index contributed by atoms with van der Waals surface area (Å²) in [7, 11) is 0. The molecule has 1 fully saturated rings. The lowest BCUT2D eigenvalue weighted by Crippen LogP contribution is -2.34. The summed E-state index contributed by atoms with van der Waals surface area (Å²) in [6, 6.07) is 8.15. The molecule has 0 aromatic heterocycles. The number of halogens is 1. The number of hydrogen-bond acceptors (Lipinski definition) is 1. The maximum absolute atomic E-state index is 12.8. The van der Waals surface area contributed by atoms with E-state index in [1.54, 1.807) is 12.1 Å². The van der Waals surface area contributed by atoms with E-state index in [0.29, 0.717) is 12.0 Å². The van der Waals surface area contributed by atoms with Crippen molar-refractivity contribution in [3.63, 3.8) is 0 Å². The highest BCUT2D eigenvalue weighted by molar-refractivity contribution is 5.16. The second-order valence-corrected chi connectivity index (χ2v) is 5.04. The van der Waals surface area contributed by atoms with Crippen LogP contribution < -0.4 is 5.32 Å². The van der Waals surface area contributed by atoms with E-state index >= 15 is 0 Å². The van der Waals surface area contributed by atoms with Gasteiger partial charge in [-0.3, -0.25) is 0 Å². The predicted octanol–water partition coefficient (Wildman–Crippen LogP) is 3.14. The molecule has 0 bridgehead atoms. The van der Waals surface area contributed by atoms with Crippen LogP contribution in [-0.4, -0.2) is 12.1 Å². The van der Waals surface area contributed by atoms with Gasteiger partial charge < -0.3 is 5.32 Å².